The number of para-hydroxylation sites is 3. The standard InChI is InChI=1S/C48H48FN3O4/c1-33(2)45-44(47(54)50-37-19-11-6-12-20-37)43(34-17-9-5-10-18-34)46(35-25-27-36(49)28-26-35)51(45)30-29-40-31-41(56-48(3,4)55-40)32-42(53)52(38-21-13-7-14-22-38)39-23-15-8-16-24-39/h5-28,33,40-41H,29-32H2,1-4H3,(H,50,54). The highest BCUT2D eigenvalue weighted by atomic mass is 19.1. The van der Waals surface area contributed by atoms with Gasteiger partial charge in [0.25, 0.3) is 5.91 Å². The van der Waals surface area contributed by atoms with Crippen molar-refractivity contribution < 1.29 is 23.5 Å². The fourth-order valence-electron chi connectivity index (χ4n) is 7.88. The summed E-state index contributed by atoms with van der Waals surface area (Å²) in [5, 5.41) is 3.15. The molecular weight excluding hydrogens is 702 g/mol. The lowest BCUT2D eigenvalue weighted by Crippen LogP contribution is -2.46. The van der Waals surface area contributed by atoms with Gasteiger partial charge in [0.05, 0.1) is 29.9 Å². The highest BCUT2D eigenvalue weighted by Crippen LogP contribution is 2.43. The molecule has 8 heteroatoms. The van der Waals surface area contributed by atoms with Crippen LogP contribution in [0.1, 0.15) is 68.9 Å². The maximum atomic E-state index is 14.5. The molecule has 1 fully saturated rings. The van der Waals surface area contributed by atoms with Gasteiger partial charge in [-0.25, -0.2) is 4.39 Å². The summed E-state index contributed by atoms with van der Waals surface area (Å²) in [7, 11) is 0. The van der Waals surface area contributed by atoms with Crippen molar-refractivity contribution in [1.82, 2.24) is 4.57 Å². The normalized spacial score (nSPS) is 16.4. The number of carbonyl (C=O) groups is 2. The van der Waals surface area contributed by atoms with E-state index >= 15 is 0 Å². The molecule has 0 spiro atoms. The van der Waals surface area contributed by atoms with E-state index in [0.717, 1.165) is 39.5 Å². The number of hydrogen-bond acceptors (Lipinski definition) is 4. The van der Waals surface area contributed by atoms with Gasteiger partial charge in [-0.05, 0) is 98.0 Å². The van der Waals surface area contributed by atoms with Gasteiger partial charge in [-0.2, -0.15) is 0 Å². The van der Waals surface area contributed by atoms with Gasteiger partial charge in [-0.1, -0.05) is 98.8 Å². The summed E-state index contributed by atoms with van der Waals surface area (Å²) >= 11 is 0. The van der Waals surface area contributed by atoms with Gasteiger partial charge in [-0.15, -0.1) is 0 Å². The highest BCUT2D eigenvalue weighted by molar-refractivity contribution is 6.12. The Balaban J connectivity index is 1.24. The Morgan fingerprint density at radius 2 is 1.29 bits per heavy atom. The molecule has 6 aromatic rings. The third-order valence-electron chi connectivity index (χ3n) is 10.1. The number of amides is 2. The van der Waals surface area contributed by atoms with Gasteiger partial charge < -0.3 is 19.4 Å². The third-order valence-corrected chi connectivity index (χ3v) is 10.1. The Bertz CT molecular complexity index is 2200. The number of ether oxygens (including phenoxy) is 2. The molecule has 7 rings (SSSR count). The third kappa shape index (κ3) is 8.67. The molecule has 0 saturated carbocycles. The number of hydrogen-bond donors (Lipinski definition) is 1. The Kier molecular flexibility index (Phi) is 11.6. The van der Waals surface area contributed by atoms with Crippen LogP contribution < -0.4 is 10.2 Å². The molecule has 56 heavy (non-hydrogen) atoms. The van der Waals surface area contributed by atoms with E-state index in [1.165, 1.54) is 12.1 Å². The fraction of sp³-hybridized carbons (Fsp3) is 0.250. The van der Waals surface area contributed by atoms with Crippen LogP contribution in [0, 0.1) is 5.82 Å². The van der Waals surface area contributed by atoms with Crippen molar-refractivity contribution in [2.45, 2.75) is 77.4 Å². The van der Waals surface area contributed by atoms with E-state index < -0.39 is 11.9 Å². The maximum Gasteiger partial charge on any atom is 0.258 e. The van der Waals surface area contributed by atoms with Gasteiger partial charge in [0, 0.05) is 41.3 Å². The number of aromatic nitrogens is 1. The van der Waals surface area contributed by atoms with E-state index in [1.807, 2.05) is 135 Å². The molecule has 0 aliphatic carbocycles. The molecule has 7 nitrogen and oxygen atoms in total. The Hall–Kier alpha value is -5.83. The van der Waals surface area contributed by atoms with Crippen LogP contribution in [0.15, 0.2) is 146 Å². The van der Waals surface area contributed by atoms with E-state index in [-0.39, 0.29) is 36.1 Å². The lowest BCUT2D eigenvalue weighted by molar-refractivity contribution is -0.300. The average Bonchev–Trinajstić information content (AvgIpc) is 3.54. The number of anilines is 3. The molecule has 1 N–H and O–H groups in total. The molecule has 1 aliphatic rings. The van der Waals surface area contributed by atoms with E-state index in [1.54, 1.807) is 17.0 Å². The van der Waals surface area contributed by atoms with Crippen LogP contribution in [0.2, 0.25) is 0 Å². The molecule has 2 amide bonds. The van der Waals surface area contributed by atoms with Crippen molar-refractivity contribution in [3.05, 3.63) is 163 Å². The summed E-state index contributed by atoms with van der Waals surface area (Å²) in [5.74, 6) is -1.62. The largest absolute Gasteiger partial charge is 0.347 e. The SMILES string of the molecule is CC(C)c1c(C(=O)Nc2ccccc2)c(-c2ccccc2)c(-c2ccc(F)cc2)n1CCC1CC(CC(=O)N(c2ccccc2)c2ccccc2)OC(C)(C)O1. The smallest absolute Gasteiger partial charge is 0.258 e. The zero-order valence-corrected chi connectivity index (χ0v) is 32.3. The van der Waals surface area contributed by atoms with Crippen LogP contribution in [-0.4, -0.2) is 34.4 Å². The fourth-order valence-corrected chi connectivity index (χ4v) is 7.88. The number of benzene rings is 5. The van der Waals surface area contributed by atoms with Gasteiger partial charge in [0.15, 0.2) is 5.79 Å². The molecule has 0 bridgehead atoms. The van der Waals surface area contributed by atoms with Crippen molar-refractivity contribution in [3.8, 4) is 22.4 Å². The topological polar surface area (TPSA) is 72.8 Å². The molecule has 1 saturated heterocycles. The van der Waals surface area contributed by atoms with Crippen LogP contribution in [0.5, 0.6) is 0 Å². The zero-order valence-electron chi connectivity index (χ0n) is 32.3. The highest BCUT2D eigenvalue weighted by Gasteiger charge is 2.38. The average molecular weight is 750 g/mol. The van der Waals surface area contributed by atoms with Gasteiger partial charge >= 0.3 is 0 Å². The van der Waals surface area contributed by atoms with E-state index in [0.29, 0.717) is 30.6 Å². The molecule has 2 heterocycles. The van der Waals surface area contributed by atoms with Crippen molar-refractivity contribution in [2.75, 3.05) is 10.2 Å². The minimum Gasteiger partial charge on any atom is -0.347 e. The number of halogens is 1. The Morgan fingerprint density at radius 3 is 1.86 bits per heavy atom. The second-order valence-corrected chi connectivity index (χ2v) is 15.0. The number of carbonyl (C=O) groups excluding carboxylic acids is 2. The molecule has 5 aromatic carbocycles. The predicted octanol–water partition coefficient (Wildman–Crippen LogP) is 11.4. The van der Waals surface area contributed by atoms with Crippen LogP contribution in [0.3, 0.4) is 0 Å². The molecule has 0 radical (unpaired) electrons. The zero-order chi connectivity index (χ0) is 39.2. The number of nitrogens with zero attached hydrogens (tertiary/aromatic N) is 2. The van der Waals surface area contributed by atoms with E-state index in [2.05, 4.69) is 23.7 Å². The predicted molar refractivity (Wildman–Crippen MR) is 221 cm³/mol. The minimum absolute atomic E-state index is 0.0532. The minimum atomic E-state index is -0.939. The van der Waals surface area contributed by atoms with Gasteiger partial charge in [0.1, 0.15) is 5.82 Å². The summed E-state index contributed by atoms with van der Waals surface area (Å²) in [6.45, 7) is 8.47. The van der Waals surface area contributed by atoms with Crippen molar-refractivity contribution in [2.24, 2.45) is 0 Å². The van der Waals surface area contributed by atoms with Crippen LogP contribution >= 0.6 is 0 Å². The molecule has 2 atom stereocenters. The van der Waals surface area contributed by atoms with Crippen LogP contribution in [0.25, 0.3) is 22.4 Å². The second kappa shape index (κ2) is 16.9. The molecule has 286 valence electrons. The summed E-state index contributed by atoms with van der Waals surface area (Å²) in [6.07, 6.45) is 0.586. The Morgan fingerprint density at radius 1 is 0.750 bits per heavy atom. The lowest BCUT2D eigenvalue weighted by Gasteiger charge is -2.41. The molecule has 1 aromatic heterocycles. The first-order valence-electron chi connectivity index (χ1n) is 19.3. The molecular formula is C48H48FN3O4. The summed E-state index contributed by atoms with van der Waals surface area (Å²) in [6, 6.07) is 45.1. The first-order valence-corrected chi connectivity index (χ1v) is 19.3. The summed E-state index contributed by atoms with van der Waals surface area (Å²) < 4.78 is 29.6. The van der Waals surface area contributed by atoms with Crippen molar-refractivity contribution in [1.29, 1.82) is 0 Å². The van der Waals surface area contributed by atoms with Crippen LogP contribution in [-0.2, 0) is 20.8 Å². The number of nitrogens with one attached hydrogen (secondary N) is 1. The van der Waals surface area contributed by atoms with Crippen LogP contribution in [0.4, 0.5) is 21.5 Å². The van der Waals surface area contributed by atoms with Crippen molar-refractivity contribution in [3.63, 3.8) is 0 Å². The lowest BCUT2D eigenvalue weighted by atomic mass is 9.94. The molecule has 2 unspecified atom stereocenters. The van der Waals surface area contributed by atoms with Gasteiger partial charge in [-0.3, -0.25) is 14.5 Å². The second-order valence-electron chi connectivity index (χ2n) is 15.0. The van der Waals surface area contributed by atoms with Gasteiger partial charge in [0.2, 0.25) is 5.91 Å². The number of rotatable bonds is 12. The van der Waals surface area contributed by atoms with Crippen molar-refractivity contribution >= 4 is 28.9 Å². The molecule has 1 aliphatic heterocycles. The maximum absolute atomic E-state index is 14.5. The quantitative estimate of drug-likeness (QED) is 0.135. The Labute approximate surface area is 328 Å². The summed E-state index contributed by atoms with van der Waals surface area (Å²) in [4.78, 5) is 30.4. The monoisotopic (exact) mass is 749 g/mol. The van der Waals surface area contributed by atoms with E-state index in [9.17, 15) is 14.0 Å². The first kappa shape index (κ1) is 38.4. The summed E-state index contributed by atoms with van der Waals surface area (Å²) in [5.41, 5.74) is 7.01. The first-order chi connectivity index (χ1) is 27.1. The van der Waals surface area contributed by atoms with E-state index in [4.69, 9.17) is 9.47 Å².